The van der Waals surface area contributed by atoms with E-state index in [1.165, 1.54) is 21.8 Å². The summed E-state index contributed by atoms with van der Waals surface area (Å²) in [4.78, 5) is 4.71. The molecule has 3 heterocycles. The normalized spacial score (nSPS) is 12.0. The van der Waals surface area contributed by atoms with Crippen molar-refractivity contribution < 1.29 is 4.42 Å². The fourth-order valence-corrected chi connectivity index (χ4v) is 5.43. The Balaban J connectivity index is 1.41. The Morgan fingerprint density at radius 1 is 0.571 bits per heavy atom. The lowest BCUT2D eigenvalue weighted by Gasteiger charge is -2.08. The van der Waals surface area contributed by atoms with Gasteiger partial charge < -0.3 is 8.98 Å². The lowest BCUT2D eigenvalue weighted by atomic mass is 10.0. The first kappa shape index (κ1) is 18.6. The first-order chi connectivity index (χ1) is 17.4. The molecule has 0 amide bonds. The zero-order chi connectivity index (χ0) is 22.9. The largest absolute Gasteiger partial charge is 0.422 e. The van der Waals surface area contributed by atoms with Crippen LogP contribution in [0.1, 0.15) is 0 Å². The van der Waals surface area contributed by atoms with Crippen molar-refractivity contribution in [2.75, 3.05) is 0 Å². The predicted molar refractivity (Wildman–Crippen MR) is 142 cm³/mol. The highest BCUT2D eigenvalue weighted by Gasteiger charge is 2.18. The van der Waals surface area contributed by atoms with Gasteiger partial charge in [0.15, 0.2) is 5.58 Å². The van der Waals surface area contributed by atoms with E-state index in [0.29, 0.717) is 5.84 Å². The predicted octanol–water partition coefficient (Wildman–Crippen LogP) is 8.00. The second-order valence-electron chi connectivity index (χ2n) is 8.89. The molecule has 0 saturated heterocycles. The van der Waals surface area contributed by atoms with Crippen LogP contribution in [0.3, 0.4) is 0 Å². The van der Waals surface area contributed by atoms with Gasteiger partial charge in [0.1, 0.15) is 0 Å². The van der Waals surface area contributed by atoms with E-state index in [1.54, 1.807) is 0 Å². The van der Waals surface area contributed by atoms with Gasteiger partial charge >= 0.3 is 5.84 Å². The number of aromatic nitrogens is 3. The average molecular weight is 450 g/mol. The van der Waals surface area contributed by atoms with E-state index in [9.17, 15) is 0 Å². The van der Waals surface area contributed by atoms with Crippen LogP contribution < -0.4 is 0 Å². The van der Waals surface area contributed by atoms with Crippen molar-refractivity contribution in [3.05, 3.63) is 115 Å². The van der Waals surface area contributed by atoms with Crippen LogP contribution in [0.2, 0.25) is 0 Å². The third kappa shape index (κ3) is 2.53. The van der Waals surface area contributed by atoms with Crippen LogP contribution in [0, 0.1) is 0 Å². The lowest BCUT2D eigenvalue weighted by Crippen LogP contribution is -1.92. The van der Waals surface area contributed by atoms with Crippen LogP contribution in [0.25, 0.3) is 66.6 Å². The molecule has 0 aliphatic heterocycles. The molecule has 4 nitrogen and oxygen atoms in total. The van der Waals surface area contributed by atoms with Gasteiger partial charge in [-0.15, -0.1) is 0 Å². The number of rotatable bonds is 2. The molecule has 0 bridgehead atoms. The molecule has 0 aliphatic rings. The number of nitrogens with zero attached hydrogens (tertiary/aromatic N) is 3. The van der Waals surface area contributed by atoms with Gasteiger partial charge in [0.2, 0.25) is 0 Å². The van der Waals surface area contributed by atoms with Crippen LogP contribution >= 0.6 is 0 Å². The summed E-state index contributed by atoms with van der Waals surface area (Å²) in [5.74, 6) is 0.621. The third-order valence-electron chi connectivity index (χ3n) is 6.96. The SMILES string of the molecule is c1ccc(-n2c3ccccc3c3cc(-c4cccc5c4oc4nc6ccccc6n45)ccc32)cc1. The quantitative estimate of drug-likeness (QED) is 0.268. The van der Waals surface area contributed by atoms with Gasteiger partial charge in [-0.25, -0.2) is 0 Å². The number of imidazole rings is 1. The molecule has 0 N–H and O–H groups in total. The molecule has 8 aromatic rings. The Bertz CT molecular complexity index is 2060. The van der Waals surface area contributed by atoms with E-state index in [2.05, 4.69) is 106 Å². The summed E-state index contributed by atoms with van der Waals surface area (Å²) in [6.07, 6.45) is 0. The second-order valence-corrected chi connectivity index (χ2v) is 8.89. The number of hydrogen-bond acceptors (Lipinski definition) is 2. The summed E-state index contributed by atoms with van der Waals surface area (Å²) in [6, 6.07) is 40.3. The Hall–Kier alpha value is -4.83. The van der Waals surface area contributed by atoms with Gasteiger partial charge in [0.05, 0.1) is 27.6 Å². The molecular formula is C31H19N3O. The molecule has 0 saturated carbocycles. The molecule has 0 radical (unpaired) electrons. The molecule has 0 aliphatic carbocycles. The molecule has 0 unspecified atom stereocenters. The number of fused-ring (bicyclic) bond motifs is 8. The van der Waals surface area contributed by atoms with E-state index < -0.39 is 0 Å². The first-order valence-electron chi connectivity index (χ1n) is 11.7. The lowest BCUT2D eigenvalue weighted by molar-refractivity contribution is 0.644. The second kappa shape index (κ2) is 6.84. The number of para-hydroxylation sites is 5. The van der Waals surface area contributed by atoms with E-state index in [-0.39, 0.29) is 0 Å². The Kier molecular flexibility index (Phi) is 3.63. The number of hydrogen-bond donors (Lipinski definition) is 0. The molecule has 164 valence electrons. The van der Waals surface area contributed by atoms with Gasteiger partial charge in [-0.05, 0) is 54.1 Å². The molecule has 0 fully saturated rings. The summed E-state index contributed by atoms with van der Waals surface area (Å²) in [5.41, 5.74) is 9.61. The van der Waals surface area contributed by atoms with E-state index >= 15 is 0 Å². The summed E-state index contributed by atoms with van der Waals surface area (Å²) < 4.78 is 10.8. The minimum atomic E-state index is 0.621. The van der Waals surface area contributed by atoms with E-state index in [4.69, 9.17) is 9.40 Å². The fraction of sp³-hybridized carbons (Fsp3) is 0. The molecule has 4 heteroatoms. The highest BCUT2D eigenvalue weighted by molar-refractivity contribution is 6.11. The Labute approximate surface area is 200 Å². The average Bonchev–Trinajstić information content (AvgIpc) is 3.56. The standard InChI is InChI=1S/C31H19N3O/c1-2-9-21(10-3-1)33-26-14-6-4-11-23(26)24-19-20(17-18-27(24)33)22-12-8-16-29-30(22)35-31-32-25-13-5-7-15-28(25)34(29)31/h1-19H. The molecule has 3 aromatic heterocycles. The van der Waals surface area contributed by atoms with Gasteiger partial charge in [0.25, 0.3) is 0 Å². The van der Waals surface area contributed by atoms with Gasteiger partial charge in [-0.1, -0.05) is 66.7 Å². The van der Waals surface area contributed by atoms with E-state index in [0.717, 1.165) is 38.9 Å². The highest BCUT2D eigenvalue weighted by atomic mass is 16.4. The minimum Gasteiger partial charge on any atom is -0.422 e. The maximum atomic E-state index is 6.34. The summed E-state index contributed by atoms with van der Waals surface area (Å²) >= 11 is 0. The summed E-state index contributed by atoms with van der Waals surface area (Å²) in [5, 5.41) is 2.46. The van der Waals surface area contributed by atoms with Crippen LogP contribution in [0.5, 0.6) is 0 Å². The van der Waals surface area contributed by atoms with Gasteiger partial charge in [-0.2, -0.15) is 4.98 Å². The van der Waals surface area contributed by atoms with Gasteiger partial charge in [0, 0.05) is 22.0 Å². The van der Waals surface area contributed by atoms with Gasteiger partial charge in [-0.3, -0.25) is 4.40 Å². The minimum absolute atomic E-state index is 0.621. The Morgan fingerprint density at radius 3 is 2.23 bits per heavy atom. The number of oxazole rings is 1. The van der Waals surface area contributed by atoms with Crippen LogP contribution in [-0.2, 0) is 0 Å². The molecule has 8 rings (SSSR count). The molecule has 0 atom stereocenters. The summed E-state index contributed by atoms with van der Waals surface area (Å²) in [6.45, 7) is 0. The van der Waals surface area contributed by atoms with Crippen molar-refractivity contribution in [3.8, 4) is 16.8 Å². The maximum Gasteiger partial charge on any atom is 0.307 e. The van der Waals surface area contributed by atoms with E-state index in [1.807, 2.05) is 18.2 Å². The van der Waals surface area contributed by atoms with Crippen molar-refractivity contribution in [2.45, 2.75) is 0 Å². The zero-order valence-corrected chi connectivity index (χ0v) is 18.7. The molecular weight excluding hydrogens is 430 g/mol. The molecule has 0 spiro atoms. The van der Waals surface area contributed by atoms with Crippen molar-refractivity contribution in [3.63, 3.8) is 0 Å². The monoisotopic (exact) mass is 449 g/mol. The van der Waals surface area contributed by atoms with Crippen molar-refractivity contribution >= 4 is 49.8 Å². The van der Waals surface area contributed by atoms with Crippen molar-refractivity contribution in [2.24, 2.45) is 0 Å². The van der Waals surface area contributed by atoms with Crippen LogP contribution in [0.15, 0.2) is 120 Å². The van der Waals surface area contributed by atoms with Crippen LogP contribution in [-0.4, -0.2) is 14.0 Å². The molecule has 35 heavy (non-hydrogen) atoms. The smallest absolute Gasteiger partial charge is 0.307 e. The summed E-state index contributed by atoms with van der Waals surface area (Å²) in [7, 11) is 0. The zero-order valence-electron chi connectivity index (χ0n) is 18.7. The van der Waals surface area contributed by atoms with Crippen molar-refractivity contribution in [1.29, 1.82) is 0 Å². The topological polar surface area (TPSA) is 35.4 Å². The van der Waals surface area contributed by atoms with Crippen molar-refractivity contribution in [1.82, 2.24) is 14.0 Å². The highest BCUT2D eigenvalue weighted by Crippen LogP contribution is 2.38. The number of benzene rings is 5. The maximum absolute atomic E-state index is 6.34. The third-order valence-corrected chi connectivity index (χ3v) is 6.96. The van der Waals surface area contributed by atoms with Crippen LogP contribution in [0.4, 0.5) is 0 Å². The Morgan fingerprint density at radius 2 is 1.31 bits per heavy atom. The fourth-order valence-electron chi connectivity index (χ4n) is 5.43. The first-order valence-corrected chi connectivity index (χ1v) is 11.7. The molecule has 5 aromatic carbocycles.